The van der Waals surface area contributed by atoms with Crippen molar-refractivity contribution in [3.63, 3.8) is 0 Å². The Morgan fingerprint density at radius 1 is 0.895 bits per heavy atom. The third-order valence-corrected chi connectivity index (χ3v) is 3.11. The summed E-state index contributed by atoms with van der Waals surface area (Å²) in [7, 11) is 0. The van der Waals surface area contributed by atoms with E-state index in [0.29, 0.717) is 12.6 Å². The lowest BCUT2D eigenvalue weighted by Crippen LogP contribution is -2.06. The minimum Gasteiger partial charge on any atom is -0.378 e. The number of aryl methyl sites for hydroxylation is 2. The molecule has 0 aliphatic rings. The van der Waals surface area contributed by atoms with Crippen LogP contribution in [-0.2, 0) is 6.54 Å². The van der Waals surface area contributed by atoms with E-state index in [1.807, 2.05) is 32.0 Å². The predicted molar refractivity (Wildman–Crippen MR) is 69.6 cm³/mol. The number of hydrogen-bond donors (Lipinski definition) is 1. The first-order valence-corrected chi connectivity index (χ1v) is 5.92. The van der Waals surface area contributed by atoms with Crippen molar-refractivity contribution in [1.82, 2.24) is 0 Å². The van der Waals surface area contributed by atoms with Gasteiger partial charge in [0, 0.05) is 18.7 Å². The van der Waals surface area contributed by atoms with Gasteiger partial charge in [0.2, 0.25) is 0 Å². The second-order valence-corrected chi connectivity index (χ2v) is 4.47. The van der Waals surface area contributed by atoms with E-state index < -0.39 is 17.5 Å². The van der Waals surface area contributed by atoms with E-state index in [0.717, 1.165) is 22.8 Å². The van der Waals surface area contributed by atoms with Gasteiger partial charge >= 0.3 is 0 Å². The van der Waals surface area contributed by atoms with Gasteiger partial charge < -0.3 is 5.32 Å². The summed E-state index contributed by atoms with van der Waals surface area (Å²) in [5, 5.41) is 2.80. The van der Waals surface area contributed by atoms with E-state index in [4.69, 9.17) is 0 Å². The average molecular weight is 265 g/mol. The van der Waals surface area contributed by atoms with Crippen LogP contribution in [0.5, 0.6) is 0 Å². The van der Waals surface area contributed by atoms with Crippen LogP contribution in [0.25, 0.3) is 0 Å². The summed E-state index contributed by atoms with van der Waals surface area (Å²) < 4.78 is 39.3. The van der Waals surface area contributed by atoms with Crippen LogP contribution in [0, 0.1) is 31.3 Å². The van der Waals surface area contributed by atoms with E-state index in [1.54, 1.807) is 0 Å². The Hall–Kier alpha value is -1.97. The van der Waals surface area contributed by atoms with Crippen LogP contribution >= 0.6 is 0 Å². The zero-order chi connectivity index (χ0) is 14.0. The van der Waals surface area contributed by atoms with Crippen LogP contribution in [0.15, 0.2) is 30.3 Å². The maximum absolute atomic E-state index is 13.5. The minimum atomic E-state index is -1.19. The molecule has 0 heterocycles. The second-order valence-electron chi connectivity index (χ2n) is 4.47. The maximum Gasteiger partial charge on any atom is 0.161 e. The van der Waals surface area contributed by atoms with E-state index in [9.17, 15) is 13.2 Å². The van der Waals surface area contributed by atoms with Gasteiger partial charge in [-0.25, -0.2) is 13.2 Å². The molecule has 0 radical (unpaired) electrons. The summed E-state index contributed by atoms with van der Waals surface area (Å²) in [6.45, 7) is 4.26. The Morgan fingerprint density at radius 3 is 2.11 bits per heavy atom. The standard InChI is InChI=1S/C15H14F3N/c1-9-4-3-5-10(2)11(9)8-19-15-7-13(17)12(16)6-14(15)18/h3-7,19H,8H2,1-2H3. The van der Waals surface area contributed by atoms with Gasteiger partial charge in [0.15, 0.2) is 11.6 Å². The van der Waals surface area contributed by atoms with E-state index in [1.165, 1.54) is 0 Å². The molecule has 2 aromatic carbocycles. The van der Waals surface area contributed by atoms with Crippen molar-refractivity contribution in [3.8, 4) is 0 Å². The third kappa shape index (κ3) is 2.89. The molecule has 0 amide bonds. The molecule has 0 bridgehead atoms. The Bertz CT molecular complexity index is 588. The Morgan fingerprint density at radius 2 is 1.47 bits per heavy atom. The van der Waals surface area contributed by atoms with Gasteiger partial charge in [-0.2, -0.15) is 0 Å². The summed E-state index contributed by atoms with van der Waals surface area (Å²) in [5.41, 5.74) is 3.11. The molecule has 0 saturated carbocycles. The molecule has 1 N–H and O–H groups in total. The fraction of sp³-hybridized carbons (Fsp3) is 0.200. The topological polar surface area (TPSA) is 12.0 Å². The number of hydrogen-bond acceptors (Lipinski definition) is 1. The summed E-state index contributed by atoms with van der Waals surface area (Å²) in [6, 6.07) is 7.21. The largest absolute Gasteiger partial charge is 0.378 e. The van der Waals surface area contributed by atoms with Crippen molar-refractivity contribution >= 4 is 5.69 Å². The summed E-state index contributed by atoms with van der Waals surface area (Å²) in [6.07, 6.45) is 0. The van der Waals surface area contributed by atoms with Crippen molar-refractivity contribution < 1.29 is 13.2 Å². The van der Waals surface area contributed by atoms with Crippen LogP contribution in [0.3, 0.4) is 0 Å². The van der Waals surface area contributed by atoms with Gasteiger partial charge in [0.05, 0.1) is 5.69 Å². The van der Waals surface area contributed by atoms with Gasteiger partial charge in [-0.1, -0.05) is 18.2 Å². The quantitative estimate of drug-likeness (QED) is 0.814. The molecular weight excluding hydrogens is 251 g/mol. The molecule has 0 aliphatic carbocycles. The monoisotopic (exact) mass is 265 g/mol. The summed E-state index contributed by atoms with van der Waals surface area (Å²) in [4.78, 5) is 0. The number of benzene rings is 2. The zero-order valence-electron chi connectivity index (χ0n) is 10.7. The number of anilines is 1. The molecule has 0 unspecified atom stereocenters. The Labute approximate surface area is 110 Å². The normalized spacial score (nSPS) is 10.6. The van der Waals surface area contributed by atoms with E-state index in [2.05, 4.69) is 5.32 Å². The zero-order valence-corrected chi connectivity index (χ0v) is 10.7. The number of nitrogens with one attached hydrogen (secondary N) is 1. The van der Waals surface area contributed by atoms with Crippen molar-refractivity contribution in [3.05, 3.63) is 64.5 Å². The van der Waals surface area contributed by atoms with Gasteiger partial charge in [-0.05, 0) is 30.5 Å². The molecule has 2 rings (SSSR count). The highest BCUT2D eigenvalue weighted by atomic mass is 19.2. The minimum absolute atomic E-state index is 0.0402. The van der Waals surface area contributed by atoms with Crippen LogP contribution in [0.4, 0.5) is 18.9 Å². The fourth-order valence-corrected chi connectivity index (χ4v) is 1.97. The lowest BCUT2D eigenvalue weighted by atomic mass is 10.0. The maximum atomic E-state index is 13.5. The van der Waals surface area contributed by atoms with Gasteiger partial charge in [-0.15, -0.1) is 0 Å². The molecule has 19 heavy (non-hydrogen) atoms. The Kier molecular flexibility index (Phi) is 3.79. The lowest BCUT2D eigenvalue weighted by molar-refractivity contribution is 0.496. The van der Waals surface area contributed by atoms with Crippen LogP contribution in [0.1, 0.15) is 16.7 Å². The lowest BCUT2D eigenvalue weighted by Gasteiger charge is -2.12. The van der Waals surface area contributed by atoms with Crippen molar-refractivity contribution in [2.45, 2.75) is 20.4 Å². The molecule has 0 spiro atoms. The van der Waals surface area contributed by atoms with Gasteiger partial charge in [0.25, 0.3) is 0 Å². The molecule has 0 aromatic heterocycles. The summed E-state index contributed by atoms with van der Waals surface area (Å²) >= 11 is 0. The van der Waals surface area contributed by atoms with Gasteiger partial charge in [-0.3, -0.25) is 0 Å². The molecule has 4 heteroatoms. The highest BCUT2D eigenvalue weighted by Gasteiger charge is 2.10. The first-order chi connectivity index (χ1) is 8.99. The highest BCUT2D eigenvalue weighted by molar-refractivity contribution is 5.47. The van der Waals surface area contributed by atoms with Crippen molar-refractivity contribution in [1.29, 1.82) is 0 Å². The van der Waals surface area contributed by atoms with Crippen LogP contribution < -0.4 is 5.32 Å². The predicted octanol–water partition coefficient (Wildman–Crippen LogP) is 4.33. The van der Waals surface area contributed by atoms with Crippen molar-refractivity contribution in [2.75, 3.05) is 5.32 Å². The Balaban J connectivity index is 2.22. The smallest absolute Gasteiger partial charge is 0.161 e. The van der Waals surface area contributed by atoms with Crippen LogP contribution in [-0.4, -0.2) is 0 Å². The van der Waals surface area contributed by atoms with E-state index in [-0.39, 0.29) is 5.69 Å². The number of rotatable bonds is 3. The molecule has 0 saturated heterocycles. The fourth-order valence-electron chi connectivity index (χ4n) is 1.97. The molecule has 0 atom stereocenters. The molecule has 1 nitrogen and oxygen atoms in total. The molecule has 2 aromatic rings. The first-order valence-electron chi connectivity index (χ1n) is 5.92. The summed E-state index contributed by atoms with van der Waals surface area (Å²) in [5.74, 6) is -3.05. The SMILES string of the molecule is Cc1cccc(C)c1CNc1cc(F)c(F)cc1F. The van der Waals surface area contributed by atoms with Crippen LogP contribution in [0.2, 0.25) is 0 Å². The highest BCUT2D eigenvalue weighted by Crippen LogP contribution is 2.21. The molecular formula is C15H14F3N. The molecule has 0 aliphatic heterocycles. The first kappa shape index (κ1) is 13.5. The molecule has 100 valence electrons. The van der Waals surface area contributed by atoms with Gasteiger partial charge in [0.1, 0.15) is 5.82 Å². The number of halogens is 3. The second kappa shape index (κ2) is 5.34. The van der Waals surface area contributed by atoms with E-state index >= 15 is 0 Å². The molecule has 0 fully saturated rings. The average Bonchev–Trinajstić information content (AvgIpc) is 2.34. The van der Waals surface area contributed by atoms with Crippen molar-refractivity contribution in [2.24, 2.45) is 0 Å². The third-order valence-electron chi connectivity index (χ3n) is 3.11.